The maximum absolute atomic E-state index is 12.4. The number of phenolic OH excluding ortho intramolecular Hbond substituents is 2. The minimum Gasteiger partial charge on any atom is -0.507 e. The van der Waals surface area contributed by atoms with Crippen LogP contribution in [0.25, 0.3) is 0 Å². The van der Waals surface area contributed by atoms with E-state index in [2.05, 4.69) is 0 Å². The van der Waals surface area contributed by atoms with Crippen LogP contribution in [0.3, 0.4) is 0 Å². The van der Waals surface area contributed by atoms with Gasteiger partial charge in [-0.05, 0) is 19.1 Å². The molecule has 0 aliphatic carbocycles. The summed E-state index contributed by atoms with van der Waals surface area (Å²) in [6, 6.07) is 3.97. The third-order valence-electron chi connectivity index (χ3n) is 3.20. The molecule has 1 aliphatic rings. The van der Waals surface area contributed by atoms with Crippen LogP contribution in [0.4, 0.5) is 0 Å². The van der Waals surface area contributed by atoms with Gasteiger partial charge in [-0.3, -0.25) is 4.79 Å². The predicted octanol–water partition coefficient (Wildman–Crippen LogP) is 0.320. The van der Waals surface area contributed by atoms with Crippen molar-refractivity contribution in [2.45, 2.75) is 19.1 Å². The van der Waals surface area contributed by atoms with Crippen molar-refractivity contribution in [3.05, 3.63) is 23.8 Å². The minimum absolute atomic E-state index is 0.118. The van der Waals surface area contributed by atoms with Gasteiger partial charge >= 0.3 is 0 Å². The summed E-state index contributed by atoms with van der Waals surface area (Å²) in [5.74, 6) is -0.988. The number of carbonyl (C=O) groups excluding carboxylic acids is 1. The maximum atomic E-state index is 12.4. The van der Waals surface area contributed by atoms with E-state index in [1.54, 1.807) is 0 Å². The highest BCUT2D eigenvalue weighted by Crippen LogP contribution is 2.29. The number of rotatable bonds is 2. The number of phenols is 2. The number of aromatic hydroxyl groups is 2. The van der Waals surface area contributed by atoms with Crippen LogP contribution in [0.2, 0.25) is 0 Å². The molecule has 1 heterocycles. The molecule has 1 aliphatic heterocycles. The minimum atomic E-state index is -0.468. The van der Waals surface area contributed by atoms with Crippen molar-refractivity contribution in [3.63, 3.8) is 0 Å². The molecule has 104 valence electrons. The zero-order chi connectivity index (χ0) is 14.0. The zero-order valence-electron chi connectivity index (χ0n) is 10.6. The van der Waals surface area contributed by atoms with Crippen LogP contribution in [-0.4, -0.2) is 58.0 Å². The lowest BCUT2D eigenvalue weighted by molar-refractivity contribution is -0.0668. The smallest absolute Gasteiger partial charge is 0.261 e. The molecular formula is C13H17NO5. The first-order chi connectivity index (χ1) is 9.04. The van der Waals surface area contributed by atoms with E-state index in [4.69, 9.17) is 9.84 Å². The van der Waals surface area contributed by atoms with Crippen LogP contribution in [0.5, 0.6) is 11.5 Å². The largest absolute Gasteiger partial charge is 0.507 e. The molecule has 1 aromatic carbocycles. The third kappa shape index (κ3) is 2.64. The van der Waals surface area contributed by atoms with E-state index in [-0.39, 0.29) is 36.3 Å². The van der Waals surface area contributed by atoms with Gasteiger partial charge in [-0.2, -0.15) is 0 Å². The fourth-order valence-electron chi connectivity index (χ4n) is 2.10. The monoisotopic (exact) mass is 267 g/mol. The Labute approximate surface area is 110 Å². The number of morpholine rings is 1. The number of aliphatic hydroxyl groups is 1. The Balaban J connectivity index is 2.27. The molecule has 0 saturated carbocycles. The van der Waals surface area contributed by atoms with Crippen molar-refractivity contribution in [1.29, 1.82) is 0 Å². The van der Waals surface area contributed by atoms with Gasteiger partial charge in [0.15, 0.2) is 0 Å². The molecule has 19 heavy (non-hydrogen) atoms. The number of ether oxygens (including phenoxy) is 1. The van der Waals surface area contributed by atoms with E-state index < -0.39 is 12.0 Å². The molecule has 1 amide bonds. The summed E-state index contributed by atoms with van der Waals surface area (Å²) < 4.78 is 5.35. The van der Waals surface area contributed by atoms with Crippen LogP contribution in [0.1, 0.15) is 17.3 Å². The molecule has 6 nitrogen and oxygen atoms in total. The van der Waals surface area contributed by atoms with Gasteiger partial charge in [-0.15, -0.1) is 0 Å². The van der Waals surface area contributed by atoms with Crippen molar-refractivity contribution in [2.75, 3.05) is 19.8 Å². The molecule has 0 bridgehead atoms. The number of hydrogen-bond donors (Lipinski definition) is 3. The molecular weight excluding hydrogens is 250 g/mol. The first kappa shape index (κ1) is 13.6. The molecule has 0 spiro atoms. The molecule has 1 aromatic rings. The first-order valence-electron chi connectivity index (χ1n) is 6.09. The molecule has 1 fully saturated rings. The average Bonchev–Trinajstić information content (AvgIpc) is 2.39. The van der Waals surface area contributed by atoms with Gasteiger partial charge in [0.25, 0.3) is 5.91 Å². The summed E-state index contributed by atoms with van der Waals surface area (Å²) in [5, 5.41) is 28.5. The van der Waals surface area contributed by atoms with Crippen molar-refractivity contribution in [1.82, 2.24) is 4.90 Å². The van der Waals surface area contributed by atoms with Crippen LogP contribution in [-0.2, 0) is 4.74 Å². The third-order valence-corrected chi connectivity index (χ3v) is 3.20. The zero-order valence-corrected chi connectivity index (χ0v) is 10.6. The molecule has 0 aromatic heterocycles. The van der Waals surface area contributed by atoms with Gasteiger partial charge in [-0.1, -0.05) is 6.07 Å². The quantitative estimate of drug-likeness (QED) is 0.718. The lowest BCUT2D eigenvalue weighted by Crippen LogP contribution is -2.52. The number of carbonyl (C=O) groups is 1. The second kappa shape index (κ2) is 5.46. The molecule has 2 atom stereocenters. The molecule has 3 N–H and O–H groups in total. The van der Waals surface area contributed by atoms with E-state index in [1.165, 1.54) is 23.1 Å². The molecule has 2 rings (SSSR count). The SMILES string of the molecule is CC1COC(CO)CN1C(=O)c1c(O)cccc1O. The highest BCUT2D eigenvalue weighted by atomic mass is 16.5. The van der Waals surface area contributed by atoms with Crippen LogP contribution >= 0.6 is 0 Å². The number of benzene rings is 1. The van der Waals surface area contributed by atoms with Gasteiger partial charge in [0.2, 0.25) is 0 Å². The summed E-state index contributed by atoms with van der Waals surface area (Å²) in [6.45, 7) is 2.17. The van der Waals surface area contributed by atoms with Crippen molar-refractivity contribution in [3.8, 4) is 11.5 Å². The molecule has 6 heteroatoms. The topological polar surface area (TPSA) is 90.2 Å². The van der Waals surface area contributed by atoms with Gasteiger partial charge in [-0.25, -0.2) is 0 Å². The Kier molecular flexibility index (Phi) is 3.92. The second-order valence-electron chi connectivity index (χ2n) is 4.62. The van der Waals surface area contributed by atoms with Gasteiger partial charge in [0, 0.05) is 6.54 Å². The Hall–Kier alpha value is -1.79. The molecule has 0 radical (unpaired) electrons. The predicted molar refractivity (Wildman–Crippen MR) is 67.1 cm³/mol. The first-order valence-corrected chi connectivity index (χ1v) is 6.09. The highest BCUT2D eigenvalue weighted by molar-refractivity contribution is 5.99. The van der Waals surface area contributed by atoms with E-state index in [0.717, 1.165) is 0 Å². The Bertz CT molecular complexity index is 456. The average molecular weight is 267 g/mol. The lowest BCUT2D eigenvalue weighted by Gasteiger charge is -2.37. The lowest BCUT2D eigenvalue weighted by atomic mass is 10.1. The van der Waals surface area contributed by atoms with E-state index in [0.29, 0.717) is 6.61 Å². The number of aliphatic hydroxyl groups excluding tert-OH is 1. The van der Waals surface area contributed by atoms with E-state index in [1.807, 2.05) is 6.92 Å². The summed E-state index contributed by atoms with van der Waals surface area (Å²) >= 11 is 0. The normalized spacial score (nSPS) is 23.4. The van der Waals surface area contributed by atoms with Gasteiger partial charge in [0.05, 0.1) is 25.4 Å². The standard InChI is InChI=1S/C13H17NO5/c1-8-7-19-9(6-15)5-14(8)13(18)12-10(16)3-2-4-11(12)17/h2-4,8-9,15-17H,5-7H2,1H3. The molecule has 2 unspecified atom stereocenters. The van der Waals surface area contributed by atoms with E-state index >= 15 is 0 Å². The van der Waals surface area contributed by atoms with Crippen LogP contribution in [0.15, 0.2) is 18.2 Å². The molecule has 1 saturated heterocycles. The Morgan fingerprint density at radius 1 is 1.42 bits per heavy atom. The summed E-state index contributed by atoms with van der Waals surface area (Å²) in [6.07, 6.45) is -0.437. The fraction of sp³-hybridized carbons (Fsp3) is 0.462. The van der Waals surface area contributed by atoms with Gasteiger partial charge < -0.3 is 25.0 Å². The number of nitrogens with zero attached hydrogens (tertiary/aromatic N) is 1. The van der Waals surface area contributed by atoms with E-state index in [9.17, 15) is 15.0 Å². The summed E-state index contributed by atoms with van der Waals surface area (Å²) in [5.41, 5.74) is -0.118. The van der Waals surface area contributed by atoms with Crippen molar-refractivity contribution >= 4 is 5.91 Å². The van der Waals surface area contributed by atoms with Crippen molar-refractivity contribution in [2.24, 2.45) is 0 Å². The fourth-order valence-corrected chi connectivity index (χ4v) is 2.10. The van der Waals surface area contributed by atoms with Gasteiger partial charge in [0.1, 0.15) is 17.1 Å². The Morgan fingerprint density at radius 3 is 2.63 bits per heavy atom. The number of hydrogen-bond acceptors (Lipinski definition) is 5. The second-order valence-corrected chi connectivity index (χ2v) is 4.62. The Morgan fingerprint density at radius 2 is 2.05 bits per heavy atom. The summed E-state index contributed by atoms with van der Waals surface area (Å²) in [4.78, 5) is 13.9. The highest BCUT2D eigenvalue weighted by Gasteiger charge is 2.32. The van der Waals surface area contributed by atoms with Crippen LogP contribution < -0.4 is 0 Å². The number of amides is 1. The van der Waals surface area contributed by atoms with Crippen LogP contribution in [0, 0.1) is 0 Å². The summed E-state index contributed by atoms with van der Waals surface area (Å²) in [7, 11) is 0. The maximum Gasteiger partial charge on any atom is 0.261 e. The van der Waals surface area contributed by atoms with Crippen molar-refractivity contribution < 1.29 is 24.9 Å².